The topological polar surface area (TPSA) is 109 Å². The summed E-state index contributed by atoms with van der Waals surface area (Å²) in [6.07, 6.45) is 0.318. The zero-order chi connectivity index (χ0) is 16.4. The fourth-order valence-electron chi connectivity index (χ4n) is 2.05. The third-order valence-electron chi connectivity index (χ3n) is 3.14. The molecule has 1 saturated heterocycles. The highest BCUT2D eigenvalue weighted by Gasteiger charge is 2.29. The molecule has 1 aliphatic rings. The van der Waals surface area contributed by atoms with Gasteiger partial charge in [0.2, 0.25) is 15.9 Å². The Hall–Kier alpha value is -1.52. The second-order valence-corrected chi connectivity index (χ2v) is 8.94. The Balaban J connectivity index is 1.89. The average Bonchev–Trinajstić information content (AvgIpc) is 2.76. The van der Waals surface area contributed by atoms with Crippen molar-refractivity contribution in [2.45, 2.75) is 17.4 Å². The molecule has 1 aliphatic heterocycles. The summed E-state index contributed by atoms with van der Waals surface area (Å²) < 4.78 is 61.1. The molecule has 122 valence electrons. The number of benzene rings is 1. The summed E-state index contributed by atoms with van der Waals surface area (Å²) in [4.78, 5) is 11.5. The van der Waals surface area contributed by atoms with E-state index >= 15 is 0 Å². The first kappa shape index (κ1) is 16.8. The maximum Gasteiger partial charge on any atom is 0.241 e. The van der Waals surface area contributed by atoms with Gasteiger partial charge in [-0.05, 0) is 30.7 Å². The number of carbonyl (C=O) groups is 1. The standard InChI is InChI=1S/C12H15FN2O5S2/c13-9-1-3-11(4-2-9)22(19,20)14-7-12(16)15-10-5-6-21(17,18)8-10/h1-4,10,14H,5-8H2,(H,15,16). The first-order chi connectivity index (χ1) is 10.2. The van der Waals surface area contributed by atoms with Crippen LogP contribution in [0, 0.1) is 5.82 Å². The molecule has 22 heavy (non-hydrogen) atoms. The molecule has 2 rings (SSSR count). The quantitative estimate of drug-likeness (QED) is 0.737. The lowest BCUT2D eigenvalue weighted by molar-refractivity contribution is -0.120. The Bertz CT molecular complexity index is 759. The maximum absolute atomic E-state index is 12.8. The summed E-state index contributed by atoms with van der Waals surface area (Å²) >= 11 is 0. The minimum atomic E-state index is -3.92. The molecule has 2 N–H and O–H groups in total. The van der Waals surface area contributed by atoms with Crippen molar-refractivity contribution in [3.05, 3.63) is 30.1 Å². The SMILES string of the molecule is O=C(CNS(=O)(=O)c1ccc(F)cc1)NC1CCS(=O)(=O)C1. The lowest BCUT2D eigenvalue weighted by atomic mass is 10.2. The average molecular weight is 350 g/mol. The summed E-state index contributed by atoms with van der Waals surface area (Å²) in [6.45, 7) is -0.518. The minimum absolute atomic E-state index is 0.0131. The molecule has 1 atom stereocenters. The molecule has 7 nitrogen and oxygen atoms in total. The number of amides is 1. The van der Waals surface area contributed by atoms with Gasteiger partial charge in [-0.2, -0.15) is 0 Å². The van der Waals surface area contributed by atoms with Crippen LogP contribution < -0.4 is 10.0 Å². The number of hydrogen-bond donors (Lipinski definition) is 2. The number of halogens is 1. The predicted molar refractivity (Wildman–Crippen MR) is 76.8 cm³/mol. The number of sulfonamides is 1. The highest BCUT2D eigenvalue weighted by molar-refractivity contribution is 7.91. The van der Waals surface area contributed by atoms with Crippen LogP contribution >= 0.6 is 0 Å². The highest BCUT2D eigenvalue weighted by atomic mass is 32.2. The van der Waals surface area contributed by atoms with Crippen LogP contribution in [0.15, 0.2) is 29.2 Å². The van der Waals surface area contributed by atoms with Crippen LogP contribution in [0.3, 0.4) is 0 Å². The molecule has 0 radical (unpaired) electrons. The second-order valence-electron chi connectivity index (χ2n) is 4.95. The summed E-state index contributed by atoms with van der Waals surface area (Å²) in [5.74, 6) is -1.31. The van der Waals surface area contributed by atoms with Gasteiger partial charge in [0.15, 0.2) is 9.84 Å². The first-order valence-electron chi connectivity index (χ1n) is 6.43. The molecular weight excluding hydrogens is 335 g/mol. The third-order valence-corrected chi connectivity index (χ3v) is 6.33. The van der Waals surface area contributed by atoms with Crippen LogP contribution in [0.25, 0.3) is 0 Å². The zero-order valence-electron chi connectivity index (χ0n) is 11.5. The lowest BCUT2D eigenvalue weighted by Crippen LogP contribution is -2.42. The Morgan fingerprint density at radius 1 is 1.27 bits per heavy atom. The largest absolute Gasteiger partial charge is 0.351 e. The van der Waals surface area contributed by atoms with Gasteiger partial charge in [0.05, 0.1) is 22.9 Å². The molecule has 1 amide bonds. The van der Waals surface area contributed by atoms with Crippen molar-refractivity contribution in [2.75, 3.05) is 18.1 Å². The number of carbonyl (C=O) groups excluding carboxylic acids is 1. The number of nitrogens with one attached hydrogen (secondary N) is 2. The van der Waals surface area contributed by atoms with E-state index in [4.69, 9.17) is 0 Å². The molecule has 1 aromatic carbocycles. The van der Waals surface area contributed by atoms with Crippen molar-refractivity contribution in [3.63, 3.8) is 0 Å². The van der Waals surface area contributed by atoms with E-state index in [1.54, 1.807) is 0 Å². The van der Waals surface area contributed by atoms with Gasteiger partial charge in [-0.15, -0.1) is 0 Å². The molecule has 1 unspecified atom stereocenters. The van der Waals surface area contributed by atoms with Crippen molar-refractivity contribution in [3.8, 4) is 0 Å². The second kappa shape index (κ2) is 6.31. The van der Waals surface area contributed by atoms with E-state index in [0.717, 1.165) is 24.3 Å². The summed E-state index contributed by atoms with van der Waals surface area (Å²) in [6, 6.07) is 3.67. The Labute approximate surface area is 127 Å². The van der Waals surface area contributed by atoms with E-state index in [2.05, 4.69) is 10.0 Å². The fraction of sp³-hybridized carbons (Fsp3) is 0.417. The van der Waals surface area contributed by atoms with E-state index in [9.17, 15) is 26.0 Å². The molecule has 1 aromatic rings. The van der Waals surface area contributed by atoms with Crippen molar-refractivity contribution in [1.29, 1.82) is 0 Å². The van der Waals surface area contributed by atoms with Gasteiger partial charge >= 0.3 is 0 Å². The van der Waals surface area contributed by atoms with Gasteiger partial charge in [-0.25, -0.2) is 25.9 Å². The van der Waals surface area contributed by atoms with Crippen molar-refractivity contribution < 1.29 is 26.0 Å². The fourth-order valence-corrected chi connectivity index (χ4v) is 4.70. The molecule has 1 heterocycles. The van der Waals surface area contributed by atoms with E-state index < -0.39 is 44.2 Å². The Morgan fingerprint density at radius 2 is 1.91 bits per heavy atom. The Morgan fingerprint density at radius 3 is 2.45 bits per heavy atom. The smallest absolute Gasteiger partial charge is 0.241 e. The number of sulfone groups is 1. The maximum atomic E-state index is 12.8. The Kier molecular flexibility index (Phi) is 4.83. The van der Waals surface area contributed by atoms with Gasteiger partial charge in [-0.3, -0.25) is 4.79 Å². The lowest BCUT2D eigenvalue weighted by Gasteiger charge is -2.11. The molecule has 1 fully saturated rings. The molecule has 0 bridgehead atoms. The van der Waals surface area contributed by atoms with E-state index in [0.29, 0.717) is 6.42 Å². The van der Waals surface area contributed by atoms with Crippen molar-refractivity contribution >= 4 is 25.8 Å². The van der Waals surface area contributed by atoms with Gasteiger partial charge in [0.1, 0.15) is 5.82 Å². The zero-order valence-corrected chi connectivity index (χ0v) is 13.1. The van der Waals surface area contributed by atoms with Crippen LogP contribution in [-0.4, -0.2) is 46.8 Å². The van der Waals surface area contributed by atoms with Gasteiger partial charge in [0.25, 0.3) is 0 Å². The molecule has 0 spiro atoms. The van der Waals surface area contributed by atoms with Crippen LogP contribution in [-0.2, 0) is 24.7 Å². The van der Waals surface area contributed by atoms with Crippen LogP contribution in [0.5, 0.6) is 0 Å². The summed E-state index contributed by atoms with van der Waals surface area (Å²) in [5.41, 5.74) is 0. The van der Waals surface area contributed by atoms with Crippen LogP contribution in [0.1, 0.15) is 6.42 Å². The van der Waals surface area contributed by atoms with E-state index in [1.807, 2.05) is 0 Å². The van der Waals surface area contributed by atoms with Gasteiger partial charge < -0.3 is 5.32 Å². The highest BCUT2D eigenvalue weighted by Crippen LogP contribution is 2.11. The van der Waals surface area contributed by atoms with Gasteiger partial charge in [-0.1, -0.05) is 0 Å². The molecule has 10 heteroatoms. The number of rotatable bonds is 5. The monoisotopic (exact) mass is 350 g/mol. The number of hydrogen-bond acceptors (Lipinski definition) is 5. The van der Waals surface area contributed by atoms with E-state index in [-0.39, 0.29) is 16.4 Å². The minimum Gasteiger partial charge on any atom is -0.351 e. The molecule has 0 saturated carbocycles. The summed E-state index contributed by atoms with van der Waals surface area (Å²) in [7, 11) is -7.04. The van der Waals surface area contributed by atoms with Gasteiger partial charge in [0, 0.05) is 6.04 Å². The first-order valence-corrected chi connectivity index (χ1v) is 9.73. The molecular formula is C12H15FN2O5S2. The third kappa shape index (κ3) is 4.49. The molecule has 0 aliphatic carbocycles. The van der Waals surface area contributed by atoms with Crippen LogP contribution in [0.4, 0.5) is 4.39 Å². The molecule has 0 aromatic heterocycles. The normalized spacial score (nSPS) is 20.7. The summed E-state index contributed by atoms with van der Waals surface area (Å²) in [5, 5.41) is 2.46. The van der Waals surface area contributed by atoms with Crippen molar-refractivity contribution in [1.82, 2.24) is 10.0 Å². The predicted octanol–water partition coefficient (Wildman–Crippen LogP) is -0.593. The van der Waals surface area contributed by atoms with Crippen LogP contribution in [0.2, 0.25) is 0 Å². The van der Waals surface area contributed by atoms with Crippen molar-refractivity contribution in [2.24, 2.45) is 0 Å². The van der Waals surface area contributed by atoms with E-state index in [1.165, 1.54) is 0 Å².